The zero-order valence-electron chi connectivity index (χ0n) is 14.8. The third-order valence-electron chi connectivity index (χ3n) is 4.44. The van der Waals surface area contributed by atoms with Crippen LogP contribution in [-0.4, -0.2) is 44.2 Å². The number of carbonyl (C=O) groups excluding carboxylic acids is 1. The second kappa shape index (κ2) is 7.85. The third-order valence-corrected chi connectivity index (χ3v) is 4.44. The average molecular weight is 366 g/mol. The molecule has 2 aromatic rings. The van der Waals surface area contributed by atoms with E-state index in [0.717, 1.165) is 0 Å². The van der Waals surface area contributed by atoms with E-state index in [9.17, 15) is 14.9 Å². The summed E-state index contributed by atoms with van der Waals surface area (Å²) < 4.78 is 5.35. The summed E-state index contributed by atoms with van der Waals surface area (Å²) in [5.74, 6) is -0.379. The predicted octanol–water partition coefficient (Wildman–Crippen LogP) is 2.58. The van der Waals surface area contributed by atoms with Gasteiger partial charge in [0.05, 0.1) is 41.0 Å². The van der Waals surface area contributed by atoms with Crippen molar-refractivity contribution in [2.45, 2.75) is 0 Å². The molecule has 0 saturated carbocycles. The number of rotatable bonds is 4. The Labute approximate surface area is 156 Å². The van der Waals surface area contributed by atoms with Crippen LogP contribution in [0.1, 0.15) is 15.9 Å². The Kier molecular flexibility index (Phi) is 5.33. The van der Waals surface area contributed by atoms with Gasteiger partial charge in [0.1, 0.15) is 0 Å². The molecular weight excluding hydrogens is 348 g/mol. The first-order valence-corrected chi connectivity index (χ1v) is 8.40. The van der Waals surface area contributed by atoms with Gasteiger partial charge in [0.25, 0.3) is 11.6 Å². The van der Waals surface area contributed by atoms with Crippen molar-refractivity contribution in [1.82, 2.24) is 0 Å². The van der Waals surface area contributed by atoms with E-state index in [1.807, 2.05) is 11.0 Å². The maximum absolute atomic E-state index is 13.1. The minimum absolute atomic E-state index is 0.144. The summed E-state index contributed by atoms with van der Waals surface area (Å²) >= 11 is 0. The van der Waals surface area contributed by atoms with Crippen LogP contribution in [0.4, 0.5) is 17.1 Å². The molecule has 27 heavy (non-hydrogen) atoms. The summed E-state index contributed by atoms with van der Waals surface area (Å²) in [5, 5.41) is 20.3. The van der Waals surface area contributed by atoms with Gasteiger partial charge in [0.2, 0.25) is 0 Å². The number of non-ortho nitro benzene ring substituents is 1. The number of amides is 1. The molecule has 8 nitrogen and oxygen atoms in total. The van der Waals surface area contributed by atoms with Gasteiger partial charge in [-0.2, -0.15) is 5.26 Å². The lowest BCUT2D eigenvalue weighted by atomic mass is 10.1. The Balaban J connectivity index is 2.01. The second-order valence-corrected chi connectivity index (χ2v) is 6.08. The van der Waals surface area contributed by atoms with Gasteiger partial charge in [-0.05, 0) is 24.3 Å². The molecule has 1 fully saturated rings. The van der Waals surface area contributed by atoms with E-state index >= 15 is 0 Å². The van der Waals surface area contributed by atoms with Gasteiger partial charge in [-0.25, -0.2) is 0 Å². The highest BCUT2D eigenvalue weighted by atomic mass is 16.6. The highest BCUT2D eigenvalue weighted by molar-refractivity contribution is 6.10. The maximum atomic E-state index is 13.1. The van der Waals surface area contributed by atoms with E-state index in [2.05, 4.69) is 0 Å². The van der Waals surface area contributed by atoms with Crippen molar-refractivity contribution in [2.75, 3.05) is 43.2 Å². The van der Waals surface area contributed by atoms with Gasteiger partial charge in [0.15, 0.2) is 0 Å². The first kappa shape index (κ1) is 18.4. The van der Waals surface area contributed by atoms with Crippen molar-refractivity contribution in [3.63, 3.8) is 0 Å². The lowest BCUT2D eigenvalue weighted by molar-refractivity contribution is -0.384. The van der Waals surface area contributed by atoms with Crippen molar-refractivity contribution in [1.29, 1.82) is 5.26 Å². The average Bonchev–Trinajstić information content (AvgIpc) is 2.72. The molecule has 0 unspecified atom stereocenters. The van der Waals surface area contributed by atoms with Crippen LogP contribution >= 0.6 is 0 Å². The summed E-state index contributed by atoms with van der Waals surface area (Å²) in [6.07, 6.45) is 0. The lowest BCUT2D eigenvalue weighted by Gasteiger charge is -2.31. The van der Waals surface area contributed by atoms with E-state index in [0.29, 0.717) is 43.2 Å². The molecule has 0 bridgehead atoms. The zero-order valence-corrected chi connectivity index (χ0v) is 14.8. The van der Waals surface area contributed by atoms with Gasteiger partial charge in [-0.15, -0.1) is 0 Å². The van der Waals surface area contributed by atoms with E-state index in [1.165, 1.54) is 17.0 Å². The van der Waals surface area contributed by atoms with Crippen molar-refractivity contribution in [2.24, 2.45) is 0 Å². The highest BCUT2D eigenvalue weighted by Gasteiger charge is 2.24. The van der Waals surface area contributed by atoms with E-state index < -0.39 is 4.92 Å². The third kappa shape index (κ3) is 3.88. The monoisotopic (exact) mass is 366 g/mol. The van der Waals surface area contributed by atoms with Crippen molar-refractivity contribution >= 4 is 23.0 Å². The number of carbonyl (C=O) groups is 1. The van der Waals surface area contributed by atoms with Crippen LogP contribution in [-0.2, 0) is 4.74 Å². The fourth-order valence-corrected chi connectivity index (χ4v) is 2.97. The van der Waals surface area contributed by atoms with Crippen LogP contribution < -0.4 is 9.80 Å². The molecule has 8 heteroatoms. The highest BCUT2D eigenvalue weighted by Crippen LogP contribution is 2.29. The molecule has 0 aliphatic carbocycles. The first-order valence-electron chi connectivity index (χ1n) is 8.40. The van der Waals surface area contributed by atoms with Gasteiger partial charge < -0.3 is 14.5 Å². The molecule has 1 saturated heterocycles. The zero-order chi connectivity index (χ0) is 19.4. The van der Waals surface area contributed by atoms with Crippen molar-refractivity contribution in [3.05, 3.63) is 63.7 Å². The smallest absolute Gasteiger partial charge is 0.270 e. The van der Waals surface area contributed by atoms with Crippen LogP contribution in [0.5, 0.6) is 0 Å². The lowest BCUT2D eigenvalue weighted by Crippen LogP contribution is -2.38. The number of hydrogen-bond donors (Lipinski definition) is 0. The number of nitro groups is 1. The molecule has 3 rings (SSSR count). The minimum Gasteiger partial charge on any atom is -0.378 e. The molecular formula is C19H18N4O4. The number of anilines is 2. The largest absolute Gasteiger partial charge is 0.378 e. The second-order valence-electron chi connectivity index (χ2n) is 6.08. The minimum atomic E-state index is -0.518. The van der Waals surface area contributed by atoms with E-state index in [-0.39, 0.29) is 17.2 Å². The number of nitrogens with zero attached hydrogens (tertiary/aromatic N) is 4. The molecule has 138 valence electrons. The number of hydrogen-bond acceptors (Lipinski definition) is 6. The number of nitro benzene ring substituents is 1. The van der Waals surface area contributed by atoms with Crippen LogP contribution in [0.3, 0.4) is 0 Å². The summed E-state index contributed by atoms with van der Waals surface area (Å²) in [6.45, 7) is 2.27. The first-order chi connectivity index (χ1) is 13.0. The quantitative estimate of drug-likeness (QED) is 0.609. The van der Waals surface area contributed by atoms with Crippen molar-refractivity contribution in [3.8, 4) is 6.07 Å². The van der Waals surface area contributed by atoms with Crippen LogP contribution in [0.25, 0.3) is 0 Å². The van der Waals surface area contributed by atoms with Gasteiger partial charge in [-0.1, -0.05) is 6.07 Å². The van der Waals surface area contributed by atoms with Gasteiger partial charge in [0, 0.05) is 38.0 Å². The Bertz CT molecular complexity index is 916. The van der Waals surface area contributed by atoms with E-state index in [1.54, 1.807) is 37.4 Å². The molecule has 0 radical (unpaired) electrons. The molecule has 1 aliphatic rings. The molecule has 1 amide bonds. The van der Waals surface area contributed by atoms with Crippen molar-refractivity contribution < 1.29 is 14.5 Å². The fraction of sp³-hybridized carbons (Fsp3) is 0.263. The predicted molar refractivity (Wildman–Crippen MR) is 100 cm³/mol. The Morgan fingerprint density at radius 3 is 2.67 bits per heavy atom. The molecule has 1 heterocycles. The van der Waals surface area contributed by atoms with Crippen LogP contribution in [0.15, 0.2) is 42.5 Å². The summed E-state index contributed by atoms with van der Waals surface area (Å²) in [5.41, 5.74) is 1.71. The molecule has 0 spiro atoms. The molecule has 0 atom stereocenters. The fourth-order valence-electron chi connectivity index (χ4n) is 2.97. The number of ether oxygens (including phenoxy) is 1. The number of nitriles is 1. The Morgan fingerprint density at radius 1 is 1.26 bits per heavy atom. The van der Waals surface area contributed by atoms with Crippen LogP contribution in [0, 0.1) is 21.4 Å². The van der Waals surface area contributed by atoms with Gasteiger partial charge >= 0.3 is 0 Å². The molecule has 2 aromatic carbocycles. The molecule has 0 N–H and O–H groups in total. The molecule has 1 aliphatic heterocycles. The van der Waals surface area contributed by atoms with Gasteiger partial charge in [-0.3, -0.25) is 14.9 Å². The standard InChI is InChI=1S/C19H18N4O4/c1-21(15-4-2-3-14(11-15)13-20)19(24)17-12-16(23(25)26)5-6-18(17)22-7-9-27-10-8-22/h2-6,11-12H,7-10H2,1H3. The van der Waals surface area contributed by atoms with Crippen LogP contribution in [0.2, 0.25) is 0 Å². The van der Waals surface area contributed by atoms with E-state index in [4.69, 9.17) is 10.00 Å². The Hall–Kier alpha value is -3.44. The maximum Gasteiger partial charge on any atom is 0.270 e. The summed E-state index contributed by atoms with van der Waals surface area (Å²) in [6, 6.07) is 13.0. The number of benzene rings is 2. The molecule has 0 aromatic heterocycles. The summed E-state index contributed by atoms with van der Waals surface area (Å²) in [4.78, 5) is 27.2. The topological polar surface area (TPSA) is 99.7 Å². The number of morpholine rings is 1. The normalized spacial score (nSPS) is 13.7. The Morgan fingerprint density at radius 2 is 2.00 bits per heavy atom. The summed E-state index contributed by atoms with van der Waals surface area (Å²) in [7, 11) is 1.58. The SMILES string of the molecule is CN(C(=O)c1cc([N+](=O)[O-])ccc1N1CCOCC1)c1cccc(C#N)c1.